The molecule has 1 aromatic rings. The molecule has 0 bridgehead atoms. The highest BCUT2D eigenvalue weighted by atomic mass is 19.2. The van der Waals surface area contributed by atoms with Crippen molar-refractivity contribution in [2.75, 3.05) is 0 Å². The molecule has 2 rings (SSSR count). The van der Waals surface area contributed by atoms with E-state index in [1.165, 1.54) is 0 Å². The largest absolute Gasteiger partial charge is 0.391 e. The van der Waals surface area contributed by atoms with Gasteiger partial charge in [-0.15, -0.1) is 0 Å². The van der Waals surface area contributed by atoms with Gasteiger partial charge < -0.3 is 10.8 Å². The Morgan fingerprint density at radius 3 is 2.32 bits per heavy atom. The normalized spacial score (nSPS) is 20.3. The van der Waals surface area contributed by atoms with Crippen LogP contribution in [-0.2, 0) is 0 Å². The first-order valence-corrected chi connectivity index (χ1v) is 6.59. The summed E-state index contributed by atoms with van der Waals surface area (Å²) >= 11 is 0. The zero-order valence-electron chi connectivity index (χ0n) is 10.6. The van der Waals surface area contributed by atoms with Crippen LogP contribution in [0.5, 0.6) is 0 Å². The first-order chi connectivity index (χ1) is 9.02. The molecule has 3 N–H and O–H groups in total. The summed E-state index contributed by atoms with van der Waals surface area (Å²) in [5, 5.41) is 10.2. The molecule has 0 unspecified atom stereocenters. The van der Waals surface area contributed by atoms with Crippen molar-refractivity contribution in [3.05, 3.63) is 35.1 Å². The second kappa shape index (κ2) is 5.92. The fourth-order valence-electron chi connectivity index (χ4n) is 2.75. The molecule has 2 atom stereocenters. The van der Waals surface area contributed by atoms with Gasteiger partial charge in [0, 0.05) is 5.56 Å². The highest BCUT2D eigenvalue weighted by molar-refractivity contribution is 5.24. The third-order valence-corrected chi connectivity index (χ3v) is 3.92. The van der Waals surface area contributed by atoms with Gasteiger partial charge >= 0.3 is 0 Å². The predicted octanol–water partition coefficient (Wildman–Crippen LogP) is 3.04. The van der Waals surface area contributed by atoms with E-state index in [9.17, 15) is 18.3 Å². The van der Waals surface area contributed by atoms with Gasteiger partial charge in [-0.2, -0.15) is 0 Å². The maximum atomic E-state index is 13.6. The summed E-state index contributed by atoms with van der Waals surface area (Å²) in [7, 11) is 0. The Morgan fingerprint density at radius 2 is 1.68 bits per heavy atom. The van der Waals surface area contributed by atoms with Gasteiger partial charge in [0.1, 0.15) is 0 Å². The second-order valence-corrected chi connectivity index (χ2v) is 5.18. The molecular weight excluding hydrogens is 255 g/mol. The fraction of sp³-hybridized carbons (Fsp3) is 0.571. The van der Waals surface area contributed by atoms with Crippen LogP contribution in [0.3, 0.4) is 0 Å². The molecule has 106 valence electrons. The molecule has 2 nitrogen and oxygen atoms in total. The number of benzene rings is 1. The van der Waals surface area contributed by atoms with Gasteiger partial charge in [0.25, 0.3) is 0 Å². The van der Waals surface area contributed by atoms with Crippen LogP contribution in [-0.4, -0.2) is 11.2 Å². The number of aliphatic hydroxyl groups excluding tert-OH is 1. The van der Waals surface area contributed by atoms with E-state index < -0.39 is 29.6 Å². The molecule has 0 aromatic heterocycles. The van der Waals surface area contributed by atoms with Crippen molar-refractivity contribution in [3.8, 4) is 0 Å². The molecular formula is C14H18F3NO. The number of hydrogen-bond donors (Lipinski definition) is 2. The lowest BCUT2D eigenvalue weighted by Crippen LogP contribution is -2.35. The van der Waals surface area contributed by atoms with Crippen molar-refractivity contribution in [1.29, 1.82) is 0 Å². The Bertz CT molecular complexity index is 447. The van der Waals surface area contributed by atoms with Gasteiger partial charge in [-0.25, -0.2) is 13.2 Å². The van der Waals surface area contributed by atoms with Crippen LogP contribution in [0.4, 0.5) is 13.2 Å². The number of rotatable bonds is 3. The van der Waals surface area contributed by atoms with Crippen LogP contribution in [0.2, 0.25) is 0 Å². The van der Waals surface area contributed by atoms with E-state index in [1.54, 1.807) is 0 Å². The minimum atomic E-state index is -1.54. The molecule has 0 heterocycles. The van der Waals surface area contributed by atoms with Crippen LogP contribution in [0, 0.1) is 23.4 Å². The highest BCUT2D eigenvalue weighted by Gasteiger charge is 2.30. The Labute approximate surface area is 110 Å². The van der Waals surface area contributed by atoms with E-state index in [4.69, 9.17) is 5.73 Å². The smallest absolute Gasteiger partial charge is 0.194 e. The summed E-state index contributed by atoms with van der Waals surface area (Å²) in [5.74, 6) is -4.09. The summed E-state index contributed by atoms with van der Waals surface area (Å²) in [6.45, 7) is 0. The Morgan fingerprint density at radius 1 is 1.05 bits per heavy atom. The Balaban J connectivity index is 2.18. The molecule has 19 heavy (non-hydrogen) atoms. The van der Waals surface area contributed by atoms with E-state index in [1.807, 2.05) is 0 Å². The van der Waals surface area contributed by atoms with E-state index in [0.29, 0.717) is 0 Å². The van der Waals surface area contributed by atoms with Gasteiger partial charge in [0.2, 0.25) is 0 Å². The maximum Gasteiger partial charge on any atom is 0.194 e. The fourth-order valence-corrected chi connectivity index (χ4v) is 2.75. The van der Waals surface area contributed by atoms with Crippen molar-refractivity contribution in [3.63, 3.8) is 0 Å². The number of halogens is 3. The van der Waals surface area contributed by atoms with Crippen molar-refractivity contribution >= 4 is 0 Å². The summed E-state index contributed by atoms with van der Waals surface area (Å²) in [6, 6.07) is 0.907. The molecule has 1 fully saturated rings. The molecule has 1 saturated carbocycles. The SMILES string of the molecule is N[C@H](c1ccc(F)c(F)c1F)[C@@H](O)C1CCCCC1. The second-order valence-electron chi connectivity index (χ2n) is 5.18. The standard InChI is InChI=1S/C14H18F3NO/c15-10-7-6-9(11(16)12(10)17)13(18)14(19)8-4-2-1-3-5-8/h6-8,13-14,19H,1-5,18H2/t13-,14+/m1/s1. The number of aliphatic hydroxyl groups is 1. The Hall–Kier alpha value is -1.07. The summed E-state index contributed by atoms with van der Waals surface area (Å²) in [4.78, 5) is 0. The van der Waals surface area contributed by atoms with Crippen molar-refractivity contribution in [1.82, 2.24) is 0 Å². The average molecular weight is 273 g/mol. The van der Waals surface area contributed by atoms with Crippen molar-refractivity contribution in [2.45, 2.75) is 44.2 Å². The van der Waals surface area contributed by atoms with Crippen LogP contribution in [0.1, 0.15) is 43.7 Å². The topological polar surface area (TPSA) is 46.2 Å². The first kappa shape index (κ1) is 14.3. The van der Waals surface area contributed by atoms with E-state index in [-0.39, 0.29) is 11.5 Å². The predicted molar refractivity (Wildman–Crippen MR) is 65.8 cm³/mol. The first-order valence-electron chi connectivity index (χ1n) is 6.59. The van der Waals surface area contributed by atoms with Crippen LogP contribution < -0.4 is 5.73 Å². The number of hydrogen-bond acceptors (Lipinski definition) is 2. The van der Waals surface area contributed by atoms with E-state index in [2.05, 4.69) is 0 Å². The van der Waals surface area contributed by atoms with Crippen molar-refractivity contribution in [2.24, 2.45) is 11.7 Å². The molecule has 5 heteroatoms. The minimum Gasteiger partial charge on any atom is -0.391 e. The third kappa shape index (κ3) is 2.92. The number of nitrogens with two attached hydrogens (primary N) is 1. The average Bonchev–Trinajstić information content (AvgIpc) is 2.44. The zero-order valence-corrected chi connectivity index (χ0v) is 10.6. The molecule has 0 spiro atoms. The minimum absolute atomic E-state index is 0.00346. The molecule has 1 aromatic carbocycles. The van der Waals surface area contributed by atoms with Crippen LogP contribution >= 0.6 is 0 Å². The summed E-state index contributed by atoms with van der Waals surface area (Å²) < 4.78 is 39.7. The lowest BCUT2D eigenvalue weighted by atomic mass is 9.81. The molecule has 0 radical (unpaired) electrons. The summed E-state index contributed by atoms with van der Waals surface area (Å²) in [5.41, 5.74) is 5.64. The van der Waals surface area contributed by atoms with Crippen LogP contribution in [0.15, 0.2) is 12.1 Å². The molecule has 0 amide bonds. The van der Waals surface area contributed by atoms with Gasteiger partial charge in [0.15, 0.2) is 17.5 Å². The monoisotopic (exact) mass is 273 g/mol. The molecule has 0 aliphatic heterocycles. The lowest BCUT2D eigenvalue weighted by molar-refractivity contribution is 0.0605. The van der Waals surface area contributed by atoms with Crippen molar-refractivity contribution < 1.29 is 18.3 Å². The zero-order chi connectivity index (χ0) is 14.0. The quantitative estimate of drug-likeness (QED) is 0.831. The van der Waals surface area contributed by atoms with E-state index in [0.717, 1.165) is 44.2 Å². The van der Waals surface area contributed by atoms with Crippen LogP contribution in [0.25, 0.3) is 0 Å². The van der Waals surface area contributed by atoms with Gasteiger partial charge in [0.05, 0.1) is 12.1 Å². The van der Waals surface area contributed by atoms with Gasteiger partial charge in [-0.3, -0.25) is 0 Å². The molecule has 1 aliphatic carbocycles. The molecule has 0 saturated heterocycles. The molecule has 1 aliphatic rings. The highest BCUT2D eigenvalue weighted by Crippen LogP contribution is 2.32. The van der Waals surface area contributed by atoms with Gasteiger partial charge in [-0.05, 0) is 24.8 Å². The third-order valence-electron chi connectivity index (χ3n) is 3.92. The van der Waals surface area contributed by atoms with Gasteiger partial charge in [-0.1, -0.05) is 25.3 Å². The maximum absolute atomic E-state index is 13.6. The summed E-state index contributed by atoms with van der Waals surface area (Å²) in [6.07, 6.45) is 3.88. The van der Waals surface area contributed by atoms with E-state index >= 15 is 0 Å². The Kier molecular flexibility index (Phi) is 4.47. The lowest BCUT2D eigenvalue weighted by Gasteiger charge is -2.30.